The van der Waals surface area contributed by atoms with Crippen LogP contribution in [0.25, 0.3) is 0 Å². The number of rotatable bonds is 2. The summed E-state index contributed by atoms with van der Waals surface area (Å²) in [6.07, 6.45) is 1.24. The molecule has 4 nitrogen and oxygen atoms in total. The zero-order valence-corrected chi connectivity index (χ0v) is 14.5. The lowest BCUT2D eigenvalue weighted by Gasteiger charge is -2.29. The lowest BCUT2D eigenvalue weighted by Crippen LogP contribution is -2.42. The summed E-state index contributed by atoms with van der Waals surface area (Å²) in [4.78, 5) is 14.0. The number of amides is 1. The average Bonchev–Trinajstić information content (AvgIpc) is 2.79. The average molecular weight is 305 g/mol. The van der Waals surface area contributed by atoms with Crippen LogP contribution in [0, 0.1) is 20.8 Å². The van der Waals surface area contributed by atoms with Crippen molar-refractivity contribution in [3.63, 3.8) is 0 Å². The molecule has 4 heteroatoms. The molecule has 0 saturated carbocycles. The predicted molar refractivity (Wildman–Crippen MR) is 87.2 cm³/mol. The van der Waals surface area contributed by atoms with Crippen molar-refractivity contribution in [2.45, 2.75) is 66.2 Å². The molecule has 2 rings (SSSR count). The van der Waals surface area contributed by atoms with Crippen molar-refractivity contribution in [1.29, 1.82) is 0 Å². The van der Waals surface area contributed by atoms with Crippen molar-refractivity contribution < 1.29 is 14.3 Å². The van der Waals surface area contributed by atoms with Crippen LogP contribution >= 0.6 is 0 Å². The number of hydrogen-bond acceptors (Lipinski definition) is 3. The van der Waals surface area contributed by atoms with Crippen LogP contribution in [-0.2, 0) is 4.74 Å². The van der Waals surface area contributed by atoms with Gasteiger partial charge in [0.05, 0.1) is 0 Å². The maximum absolute atomic E-state index is 12.3. The molecular weight excluding hydrogens is 278 g/mol. The van der Waals surface area contributed by atoms with Gasteiger partial charge >= 0.3 is 6.09 Å². The normalized spacial score (nSPS) is 18.5. The zero-order valence-electron chi connectivity index (χ0n) is 14.5. The van der Waals surface area contributed by atoms with E-state index in [0.717, 1.165) is 29.7 Å². The van der Waals surface area contributed by atoms with Crippen molar-refractivity contribution >= 4 is 6.09 Å². The van der Waals surface area contributed by atoms with Crippen LogP contribution in [0.5, 0.6) is 5.75 Å². The summed E-state index contributed by atoms with van der Waals surface area (Å²) in [6, 6.07) is 4.21. The number of aryl methyl sites for hydroxylation is 3. The summed E-state index contributed by atoms with van der Waals surface area (Å²) in [7, 11) is 0. The molecule has 0 aromatic heterocycles. The van der Waals surface area contributed by atoms with Gasteiger partial charge in [0, 0.05) is 13.0 Å². The first-order valence-electron chi connectivity index (χ1n) is 7.91. The lowest BCUT2D eigenvalue weighted by atomic mass is 10.1. The summed E-state index contributed by atoms with van der Waals surface area (Å²) in [6.45, 7) is 12.5. The summed E-state index contributed by atoms with van der Waals surface area (Å²) in [5, 5.41) is 0. The number of hydrogen-bond donors (Lipinski definition) is 0. The first-order valence-corrected chi connectivity index (χ1v) is 7.91. The van der Waals surface area contributed by atoms with E-state index in [1.165, 1.54) is 5.56 Å². The molecule has 1 aromatic carbocycles. The molecule has 1 aliphatic rings. The Morgan fingerprint density at radius 1 is 1.18 bits per heavy atom. The molecule has 0 unspecified atom stereocenters. The van der Waals surface area contributed by atoms with Crippen LogP contribution in [0.3, 0.4) is 0 Å². The number of ether oxygens (including phenoxy) is 2. The number of benzene rings is 1. The Hall–Kier alpha value is -1.71. The van der Waals surface area contributed by atoms with Gasteiger partial charge in [-0.25, -0.2) is 4.79 Å². The van der Waals surface area contributed by atoms with E-state index in [1.54, 1.807) is 4.90 Å². The first-order chi connectivity index (χ1) is 10.2. The molecule has 122 valence electrons. The molecule has 0 spiro atoms. The molecule has 0 N–H and O–H groups in total. The summed E-state index contributed by atoms with van der Waals surface area (Å²) < 4.78 is 11.6. The summed E-state index contributed by atoms with van der Waals surface area (Å²) >= 11 is 0. The van der Waals surface area contributed by atoms with Crippen molar-refractivity contribution in [1.82, 2.24) is 4.90 Å². The Kier molecular flexibility index (Phi) is 4.69. The van der Waals surface area contributed by atoms with Crippen molar-refractivity contribution in [2.24, 2.45) is 0 Å². The molecule has 0 aliphatic carbocycles. The Balaban J connectivity index is 2.14. The fraction of sp³-hybridized carbons (Fsp3) is 0.611. The Morgan fingerprint density at radius 2 is 1.77 bits per heavy atom. The van der Waals surface area contributed by atoms with Crippen molar-refractivity contribution in [3.05, 3.63) is 28.8 Å². The number of likely N-dealkylation sites (tertiary alicyclic amines) is 1. The predicted octanol–water partition coefficient (Wildman–Crippen LogP) is 4.35. The molecule has 0 radical (unpaired) electrons. The zero-order chi connectivity index (χ0) is 16.5. The highest BCUT2D eigenvalue weighted by molar-refractivity contribution is 5.68. The second-order valence-corrected chi connectivity index (χ2v) is 7.12. The largest absolute Gasteiger partial charge is 0.470 e. The smallest absolute Gasteiger partial charge is 0.413 e. The van der Waals surface area contributed by atoms with Gasteiger partial charge in [0.15, 0.2) is 6.23 Å². The van der Waals surface area contributed by atoms with Gasteiger partial charge in [-0.1, -0.05) is 17.7 Å². The third kappa shape index (κ3) is 3.93. The molecule has 1 aliphatic heterocycles. The van der Waals surface area contributed by atoms with E-state index in [2.05, 4.69) is 19.1 Å². The van der Waals surface area contributed by atoms with E-state index in [4.69, 9.17) is 9.47 Å². The van der Waals surface area contributed by atoms with Gasteiger partial charge in [-0.3, -0.25) is 4.90 Å². The van der Waals surface area contributed by atoms with E-state index >= 15 is 0 Å². The third-order valence-electron chi connectivity index (χ3n) is 3.68. The number of carbonyl (C=O) groups is 1. The van der Waals surface area contributed by atoms with Crippen LogP contribution in [0.15, 0.2) is 12.1 Å². The van der Waals surface area contributed by atoms with Gasteiger partial charge < -0.3 is 9.47 Å². The van der Waals surface area contributed by atoms with Crippen LogP contribution in [-0.4, -0.2) is 29.4 Å². The molecule has 1 saturated heterocycles. The molecule has 1 amide bonds. The molecule has 1 atom stereocenters. The topological polar surface area (TPSA) is 38.8 Å². The molecule has 22 heavy (non-hydrogen) atoms. The highest BCUT2D eigenvalue weighted by atomic mass is 16.6. The van der Waals surface area contributed by atoms with Gasteiger partial charge in [-0.05, 0) is 59.1 Å². The summed E-state index contributed by atoms with van der Waals surface area (Å²) in [5.41, 5.74) is 2.94. The standard InChI is InChI=1S/C18H27NO3/c1-12-10-13(2)16(14(3)11-12)21-15-8-7-9-19(15)17(20)22-18(4,5)6/h10-11,15H,7-9H2,1-6H3/t15-/m1/s1. The van der Waals surface area contributed by atoms with E-state index in [1.807, 2.05) is 34.6 Å². The van der Waals surface area contributed by atoms with Gasteiger partial charge in [0.2, 0.25) is 0 Å². The first kappa shape index (κ1) is 16.7. The number of carbonyl (C=O) groups excluding carboxylic acids is 1. The van der Waals surface area contributed by atoms with E-state index < -0.39 is 5.60 Å². The molecule has 0 bridgehead atoms. The maximum atomic E-state index is 12.3. The van der Waals surface area contributed by atoms with E-state index in [-0.39, 0.29) is 12.3 Å². The van der Waals surface area contributed by atoms with Crippen LogP contribution in [0.2, 0.25) is 0 Å². The Bertz CT molecular complexity index is 537. The van der Waals surface area contributed by atoms with E-state index in [9.17, 15) is 4.79 Å². The molecule has 1 heterocycles. The fourth-order valence-corrected chi connectivity index (χ4v) is 2.88. The lowest BCUT2D eigenvalue weighted by molar-refractivity contribution is -0.00543. The quantitative estimate of drug-likeness (QED) is 0.815. The van der Waals surface area contributed by atoms with Crippen molar-refractivity contribution in [2.75, 3.05) is 6.54 Å². The van der Waals surface area contributed by atoms with Crippen LogP contribution < -0.4 is 4.74 Å². The van der Waals surface area contributed by atoms with Gasteiger partial charge in [-0.15, -0.1) is 0 Å². The van der Waals surface area contributed by atoms with Gasteiger partial charge in [0.25, 0.3) is 0 Å². The minimum atomic E-state index is -0.486. The minimum Gasteiger partial charge on any atom is -0.470 e. The van der Waals surface area contributed by atoms with Crippen molar-refractivity contribution in [3.8, 4) is 5.75 Å². The number of nitrogens with zero attached hydrogens (tertiary/aromatic N) is 1. The fourth-order valence-electron chi connectivity index (χ4n) is 2.88. The summed E-state index contributed by atoms with van der Waals surface area (Å²) in [5.74, 6) is 0.881. The highest BCUT2D eigenvalue weighted by Crippen LogP contribution is 2.29. The molecule has 1 fully saturated rings. The van der Waals surface area contributed by atoms with Gasteiger partial charge in [-0.2, -0.15) is 0 Å². The second kappa shape index (κ2) is 6.19. The maximum Gasteiger partial charge on any atom is 0.413 e. The highest BCUT2D eigenvalue weighted by Gasteiger charge is 2.34. The van der Waals surface area contributed by atoms with E-state index in [0.29, 0.717) is 6.54 Å². The Labute approximate surface area is 133 Å². The molecular formula is C18H27NO3. The monoisotopic (exact) mass is 305 g/mol. The second-order valence-electron chi connectivity index (χ2n) is 7.12. The SMILES string of the molecule is Cc1cc(C)c(O[C@@H]2CCCN2C(=O)OC(C)(C)C)c(C)c1. The Morgan fingerprint density at radius 3 is 2.32 bits per heavy atom. The molecule has 1 aromatic rings. The van der Waals surface area contributed by atoms with Crippen LogP contribution in [0.1, 0.15) is 50.3 Å². The van der Waals surface area contributed by atoms with Gasteiger partial charge in [0.1, 0.15) is 11.4 Å². The third-order valence-corrected chi connectivity index (χ3v) is 3.68. The minimum absolute atomic E-state index is 0.241. The van der Waals surface area contributed by atoms with Crippen LogP contribution in [0.4, 0.5) is 4.79 Å².